The molecule has 0 aliphatic carbocycles. The number of pyridine rings is 2. The number of carboxylic acid groups (broad SMARTS) is 1. The fourth-order valence-corrected chi connectivity index (χ4v) is 5.10. The Morgan fingerprint density at radius 2 is 1.83 bits per heavy atom. The maximum atomic E-state index is 12.7. The Kier molecular flexibility index (Phi) is 6.79. The summed E-state index contributed by atoms with van der Waals surface area (Å²) >= 11 is 0. The second kappa shape index (κ2) is 10.7. The van der Waals surface area contributed by atoms with Crippen LogP contribution in [0.5, 0.6) is 11.5 Å². The number of phenolic OH excluding ortho intramolecular Hbond substituents is 1. The number of ether oxygens (including phenoxy) is 1. The van der Waals surface area contributed by atoms with E-state index in [0.29, 0.717) is 35.9 Å². The van der Waals surface area contributed by atoms with E-state index in [0.717, 1.165) is 28.8 Å². The van der Waals surface area contributed by atoms with E-state index in [-0.39, 0.29) is 29.0 Å². The SMILES string of the molecule is CC1Oc2cc(N3CCCC3=O)ccc2-c2cnc(Nc3cncc(NC(=O)c4ccc(NC(=O)O)c(O)c4)c3)cc21. The number of carbonyl (C=O) groups excluding carboxylic acids is 2. The van der Waals surface area contributed by atoms with Crippen molar-refractivity contribution in [3.63, 3.8) is 0 Å². The molecule has 6 rings (SSSR count). The molecule has 2 aliphatic heterocycles. The molecule has 3 amide bonds. The van der Waals surface area contributed by atoms with Crippen LogP contribution in [0.25, 0.3) is 11.1 Å². The van der Waals surface area contributed by atoms with Crippen LogP contribution in [0.1, 0.15) is 41.8 Å². The molecule has 4 heterocycles. The Balaban J connectivity index is 1.18. The summed E-state index contributed by atoms with van der Waals surface area (Å²) in [5, 5.41) is 26.8. The molecule has 2 aliphatic rings. The summed E-state index contributed by atoms with van der Waals surface area (Å²) in [6, 6.07) is 13.3. The van der Waals surface area contributed by atoms with E-state index in [2.05, 4.69) is 25.9 Å². The monoisotopic (exact) mass is 566 g/mol. The van der Waals surface area contributed by atoms with Gasteiger partial charge in [-0.25, -0.2) is 9.78 Å². The molecular formula is C30H26N6O6. The van der Waals surface area contributed by atoms with Crippen molar-refractivity contribution in [3.05, 3.63) is 78.2 Å². The highest BCUT2D eigenvalue weighted by molar-refractivity contribution is 6.05. The number of carbonyl (C=O) groups is 3. The molecule has 0 radical (unpaired) electrons. The number of hydrogen-bond donors (Lipinski definition) is 5. The van der Waals surface area contributed by atoms with Crippen molar-refractivity contribution in [2.75, 3.05) is 27.4 Å². The molecule has 2 aromatic carbocycles. The molecule has 1 atom stereocenters. The Morgan fingerprint density at radius 3 is 2.60 bits per heavy atom. The summed E-state index contributed by atoms with van der Waals surface area (Å²) in [4.78, 5) is 46.3. The Labute approximate surface area is 240 Å². The van der Waals surface area contributed by atoms with Crippen molar-refractivity contribution in [3.8, 4) is 22.6 Å². The van der Waals surface area contributed by atoms with Crippen molar-refractivity contribution in [1.82, 2.24) is 9.97 Å². The maximum Gasteiger partial charge on any atom is 0.409 e. The van der Waals surface area contributed by atoms with Gasteiger partial charge in [0.05, 0.1) is 29.5 Å². The third kappa shape index (κ3) is 5.24. The smallest absolute Gasteiger partial charge is 0.409 e. The number of benzene rings is 2. The van der Waals surface area contributed by atoms with Crippen LogP contribution in [0.3, 0.4) is 0 Å². The van der Waals surface area contributed by atoms with Crippen LogP contribution < -0.4 is 25.6 Å². The average Bonchev–Trinajstić information content (AvgIpc) is 3.39. The van der Waals surface area contributed by atoms with E-state index in [9.17, 15) is 19.5 Å². The quantitative estimate of drug-likeness (QED) is 0.189. The molecule has 42 heavy (non-hydrogen) atoms. The third-order valence-electron chi connectivity index (χ3n) is 7.09. The van der Waals surface area contributed by atoms with Gasteiger partial charge < -0.3 is 30.5 Å². The van der Waals surface area contributed by atoms with E-state index in [1.54, 1.807) is 23.4 Å². The zero-order valence-electron chi connectivity index (χ0n) is 22.4. The van der Waals surface area contributed by atoms with Gasteiger partial charge in [0.2, 0.25) is 5.91 Å². The molecule has 1 unspecified atom stereocenters. The number of amides is 3. The lowest BCUT2D eigenvalue weighted by Gasteiger charge is -2.28. The Bertz CT molecular complexity index is 1740. The summed E-state index contributed by atoms with van der Waals surface area (Å²) in [7, 11) is 0. The highest BCUT2D eigenvalue weighted by atomic mass is 16.5. The molecule has 212 valence electrons. The van der Waals surface area contributed by atoms with Crippen molar-refractivity contribution in [2.45, 2.75) is 25.9 Å². The second-order valence-corrected chi connectivity index (χ2v) is 9.95. The fraction of sp³-hybridized carbons (Fsp3) is 0.167. The molecule has 2 aromatic heterocycles. The van der Waals surface area contributed by atoms with Gasteiger partial charge in [0.25, 0.3) is 5.91 Å². The van der Waals surface area contributed by atoms with Gasteiger partial charge >= 0.3 is 6.09 Å². The molecule has 0 spiro atoms. The average molecular weight is 567 g/mol. The number of aromatic nitrogens is 2. The van der Waals surface area contributed by atoms with Gasteiger partial charge in [0.1, 0.15) is 23.4 Å². The first-order valence-electron chi connectivity index (χ1n) is 13.2. The fourth-order valence-electron chi connectivity index (χ4n) is 5.10. The lowest BCUT2D eigenvalue weighted by molar-refractivity contribution is -0.117. The van der Waals surface area contributed by atoms with Crippen molar-refractivity contribution < 1.29 is 29.3 Å². The number of nitrogens with one attached hydrogen (secondary N) is 3. The minimum Gasteiger partial charge on any atom is -0.506 e. The van der Waals surface area contributed by atoms with Crippen LogP contribution in [0.2, 0.25) is 0 Å². The van der Waals surface area contributed by atoms with Gasteiger partial charge in [-0.3, -0.25) is 19.9 Å². The molecule has 0 saturated carbocycles. The number of rotatable bonds is 6. The zero-order valence-corrected chi connectivity index (χ0v) is 22.4. The van der Waals surface area contributed by atoms with E-state index in [4.69, 9.17) is 9.84 Å². The normalized spacial score (nSPS) is 15.3. The summed E-state index contributed by atoms with van der Waals surface area (Å²) < 4.78 is 6.23. The minimum atomic E-state index is -1.33. The topological polar surface area (TPSA) is 166 Å². The standard InChI is InChI=1S/C30H26N6O6/c1-16-22-12-27(32-15-23(22)21-6-5-20(11-26(21)42-16)36-8-2-3-28(36)38)33-18-10-19(14-31-13-18)34-29(39)17-4-7-24(25(37)9-17)35-30(40)41/h4-7,9-16,35,37H,2-3,8H2,1H3,(H,32,33)(H,34,39)(H,40,41). The molecule has 1 saturated heterocycles. The number of aromatic hydroxyl groups is 1. The number of nitrogens with zero attached hydrogens (tertiary/aromatic N) is 3. The predicted octanol–water partition coefficient (Wildman–Crippen LogP) is 5.52. The van der Waals surface area contributed by atoms with Gasteiger partial charge in [0.15, 0.2) is 0 Å². The maximum absolute atomic E-state index is 12.7. The number of hydrogen-bond acceptors (Lipinski definition) is 8. The van der Waals surface area contributed by atoms with Gasteiger partial charge in [-0.15, -0.1) is 0 Å². The molecule has 4 aromatic rings. The highest BCUT2D eigenvalue weighted by Crippen LogP contribution is 2.44. The molecule has 5 N–H and O–H groups in total. The van der Waals surface area contributed by atoms with E-state index in [1.165, 1.54) is 24.4 Å². The lowest BCUT2D eigenvalue weighted by atomic mass is 9.94. The number of anilines is 5. The number of phenols is 1. The molecule has 0 bridgehead atoms. The third-order valence-corrected chi connectivity index (χ3v) is 7.09. The largest absolute Gasteiger partial charge is 0.506 e. The second-order valence-electron chi connectivity index (χ2n) is 9.95. The van der Waals surface area contributed by atoms with Crippen LogP contribution in [0.4, 0.5) is 33.4 Å². The Morgan fingerprint density at radius 1 is 1.00 bits per heavy atom. The lowest BCUT2D eigenvalue weighted by Crippen LogP contribution is -2.24. The summed E-state index contributed by atoms with van der Waals surface area (Å²) in [6.45, 7) is 2.67. The molecular weight excluding hydrogens is 540 g/mol. The van der Waals surface area contributed by atoms with Crippen molar-refractivity contribution in [1.29, 1.82) is 0 Å². The van der Waals surface area contributed by atoms with E-state index in [1.807, 2.05) is 31.2 Å². The zero-order chi connectivity index (χ0) is 29.4. The van der Waals surface area contributed by atoms with Crippen LogP contribution in [-0.4, -0.2) is 44.6 Å². The van der Waals surface area contributed by atoms with Crippen molar-refractivity contribution >= 4 is 46.5 Å². The van der Waals surface area contributed by atoms with E-state index >= 15 is 0 Å². The predicted molar refractivity (Wildman–Crippen MR) is 156 cm³/mol. The first kappa shape index (κ1) is 26.6. The highest BCUT2D eigenvalue weighted by Gasteiger charge is 2.27. The first-order chi connectivity index (χ1) is 20.2. The summed E-state index contributed by atoms with van der Waals surface area (Å²) in [5.74, 6) is 0.505. The first-order valence-corrected chi connectivity index (χ1v) is 13.2. The summed E-state index contributed by atoms with van der Waals surface area (Å²) in [5.41, 5.74) is 4.71. The minimum absolute atomic E-state index is 0.0315. The van der Waals surface area contributed by atoms with Gasteiger partial charge in [-0.05, 0) is 55.8 Å². The van der Waals surface area contributed by atoms with Gasteiger partial charge in [-0.1, -0.05) is 0 Å². The Hall–Kier alpha value is -5.65. The van der Waals surface area contributed by atoms with Crippen molar-refractivity contribution in [2.24, 2.45) is 0 Å². The van der Waals surface area contributed by atoms with Crippen LogP contribution in [0, 0.1) is 0 Å². The van der Waals surface area contributed by atoms with Gasteiger partial charge in [0, 0.05) is 53.2 Å². The van der Waals surface area contributed by atoms with E-state index < -0.39 is 12.0 Å². The van der Waals surface area contributed by atoms with Crippen LogP contribution >= 0.6 is 0 Å². The van der Waals surface area contributed by atoms with Gasteiger partial charge in [-0.2, -0.15) is 0 Å². The molecule has 12 heteroatoms. The molecule has 12 nitrogen and oxygen atoms in total. The number of fused-ring (bicyclic) bond motifs is 3. The van der Waals surface area contributed by atoms with Crippen LogP contribution in [0.15, 0.2) is 67.1 Å². The summed E-state index contributed by atoms with van der Waals surface area (Å²) in [6.07, 6.45) is 4.68. The molecule has 1 fully saturated rings. The van der Waals surface area contributed by atoms with Crippen LogP contribution in [-0.2, 0) is 4.79 Å².